The highest BCUT2D eigenvalue weighted by atomic mass is 16.1. The largest absolute Gasteiger partial charge is 0.302 e. The van der Waals surface area contributed by atoms with Crippen LogP contribution in [0.1, 0.15) is 53.9 Å². The van der Waals surface area contributed by atoms with Gasteiger partial charge in [0.15, 0.2) is 0 Å². The Balaban J connectivity index is 1.88. The third-order valence-corrected chi connectivity index (χ3v) is 5.13. The summed E-state index contributed by atoms with van der Waals surface area (Å²) in [6.07, 6.45) is 3.48. The predicted molar refractivity (Wildman–Crippen MR) is 75.5 cm³/mol. The first-order valence-corrected chi connectivity index (χ1v) is 7.47. The van der Waals surface area contributed by atoms with Crippen LogP contribution in [0.2, 0.25) is 0 Å². The van der Waals surface area contributed by atoms with Crippen LogP contribution < -0.4 is 0 Å². The SMILES string of the molecule is CC1(C)CCC(CN2CCC(C(C)(C)C)C2)C1=O. The van der Waals surface area contributed by atoms with Gasteiger partial charge in [-0.1, -0.05) is 34.6 Å². The molecule has 2 aliphatic rings. The number of rotatable bonds is 2. The lowest BCUT2D eigenvalue weighted by Crippen LogP contribution is -2.33. The van der Waals surface area contributed by atoms with Crippen LogP contribution in [-0.2, 0) is 4.79 Å². The summed E-state index contributed by atoms with van der Waals surface area (Å²) in [6.45, 7) is 14.6. The number of nitrogens with zero attached hydrogens (tertiary/aromatic N) is 1. The summed E-state index contributed by atoms with van der Waals surface area (Å²) in [7, 11) is 0. The van der Waals surface area contributed by atoms with Crippen molar-refractivity contribution >= 4 is 5.78 Å². The van der Waals surface area contributed by atoms with E-state index < -0.39 is 0 Å². The molecule has 0 amide bonds. The van der Waals surface area contributed by atoms with E-state index in [0.29, 0.717) is 17.1 Å². The molecule has 0 N–H and O–H groups in total. The van der Waals surface area contributed by atoms with Gasteiger partial charge in [-0.05, 0) is 37.1 Å². The second-order valence-corrected chi connectivity index (χ2v) is 8.09. The zero-order chi connectivity index (χ0) is 13.6. The van der Waals surface area contributed by atoms with E-state index in [9.17, 15) is 4.79 Å². The van der Waals surface area contributed by atoms with Gasteiger partial charge in [-0.2, -0.15) is 0 Å². The summed E-state index contributed by atoms with van der Waals surface area (Å²) in [4.78, 5) is 14.8. The van der Waals surface area contributed by atoms with Gasteiger partial charge in [0.2, 0.25) is 0 Å². The van der Waals surface area contributed by atoms with E-state index in [4.69, 9.17) is 0 Å². The first kappa shape index (κ1) is 14.0. The standard InChI is InChI=1S/C16H29NO/c1-15(2,3)13-7-9-17(11-13)10-12-6-8-16(4,5)14(12)18/h12-13H,6-11H2,1-5H3. The Labute approximate surface area is 112 Å². The van der Waals surface area contributed by atoms with Crippen molar-refractivity contribution in [2.45, 2.75) is 53.9 Å². The van der Waals surface area contributed by atoms with E-state index in [2.05, 4.69) is 39.5 Å². The minimum absolute atomic E-state index is 0.0617. The highest BCUT2D eigenvalue weighted by Gasteiger charge is 2.42. The summed E-state index contributed by atoms with van der Waals surface area (Å²) in [5.41, 5.74) is 0.349. The van der Waals surface area contributed by atoms with Gasteiger partial charge in [-0.15, -0.1) is 0 Å². The Hall–Kier alpha value is -0.370. The molecule has 18 heavy (non-hydrogen) atoms. The minimum Gasteiger partial charge on any atom is -0.302 e. The van der Waals surface area contributed by atoms with E-state index in [1.807, 2.05) is 0 Å². The molecule has 2 nitrogen and oxygen atoms in total. The topological polar surface area (TPSA) is 20.3 Å². The van der Waals surface area contributed by atoms with E-state index in [-0.39, 0.29) is 5.41 Å². The molecule has 2 atom stereocenters. The third-order valence-electron chi connectivity index (χ3n) is 5.13. The molecule has 0 aromatic rings. The monoisotopic (exact) mass is 251 g/mol. The first-order valence-electron chi connectivity index (χ1n) is 7.47. The smallest absolute Gasteiger partial charge is 0.142 e. The molecule has 1 saturated carbocycles. The number of carbonyl (C=O) groups is 1. The molecule has 2 fully saturated rings. The fraction of sp³-hybridized carbons (Fsp3) is 0.938. The highest BCUT2D eigenvalue weighted by Crippen LogP contribution is 2.39. The van der Waals surface area contributed by atoms with E-state index in [1.165, 1.54) is 19.5 Å². The Bertz CT molecular complexity index is 326. The van der Waals surface area contributed by atoms with Crippen molar-refractivity contribution in [3.63, 3.8) is 0 Å². The molecular weight excluding hydrogens is 222 g/mol. The van der Waals surface area contributed by atoms with Crippen LogP contribution in [-0.4, -0.2) is 30.3 Å². The van der Waals surface area contributed by atoms with Gasteiger partial charge in [-0.3, -0.25) is 4.79 Å². The first-order chi connectivity index (χ1) is 8.20. The third kappa shape index (κ3) is 2.79. The molecule has 0 aromatic heterocycles. The van der Waals surface area contributed by atoms with Crippen LogP contribution in [0, 0.1) is 22.7 Å². The Morgan fingerprint density at radius 2 is 1.94 bits per heavy atom. The van der Waals surface area contributed by atoms with Crippen LogP contribution in [0.4, 0.5) is 0 Å². The maximum absolute atomic E-state index is 12.3. The van der Waals surface area contributed by atoms with Crippen molar-refractivity contribution in [2.24, 2.45) is 22.7 Å². The fourth-order valence-electron chi connectivity index (χ4n) is 3.53. The number of hydrogen-bond donors (Lipinski definition) is 0. The van der Waals surface area contributed by atoms with Crippen molar-refractivity contribution in [3.05, 3.63) is 0 Å². The van der Waals surface area contributed by atoms with Crippen LogP contribution in [0.15, 0.2) is 0 Å². The normalized spacial score (nSPS) is 33.3. The van der Waals surface area contributed by atoms with Gasteiger partial charge < -0.3 is 4.90 Å². The predicted octanol–water partition coefficient (Wildman–Crippen LogP) is 3.36. The molecule has 2 heteroatoms. The van der Waals surface area contributed by atoms with Gasteiger partial charge in [0.25, 0.3) is 0 Å². The molecular formula is C16H29NO. The van der Waals surface area contributed by atoms with Crippen molar-refractivity contribution in [1.82, 2.24) is 4.90 Å². The van der Waals surface area contributed by atoms with Gasteiger partial charge >= 0.3 is 0 Å². The van der Waals surface area contributed by atoms with Gasteiger partial charge in [0.1, 0.15) is 5.78 Å². The molecule has 1 saturated heterocycles. The summed E-state index contributed by atoms with van der Waals surface area (Å²) in [6, 6.07) is 0. The average molecular weight is 251 g/mol. The summed E-state index contributed by atoms with van der Waals surface area (Å²) in [5.74, 6) is 1.60. The number of ketones is 1. The highest BCUT2D eigenvalue weighted by molar-refractivity contribution is 5.88. The molecule has 0 spiro atoms. The summed E-state index contributed by atoms with van der Waals surface area (Å²) in [5, 5.41) is 0. The van der Waals surface area contributed by atoms with Gasteiger partial charge in [-0.25, -0.2) is 0 Å². The lowest BCUT2D eigenvalue weighted by atomic mass is 9.80. The zero-order valence-corrected chi connectivity index (χ0v) is 12.8. The Kier molecular flexibility index (Phi) is 3.61. The molecule has 1 aliphatic carbocycles. The van der Waals surface area contributed by atoms with Crippen LogP contribution in [0.3, 0.4) is 0 Å². The lowest BCUT2D eigenvalue weighted by molar-refractivity contribution is -0.127. The Morgan fingerprint density at radius 3 is 2.39 bits per heavy atom. The summed E-state index contributed by atoms with van der Waals surface area (Å²) >= 11 is 0. The van der Waals surface area contributed by atoms with Crippen LogP contribution >= 0.6 is 0 Å². The molecule has 2 unspecified atom stereocenters. The maximum atomic E-state index is 12.3. The molecule has 0 bridgehead atoms. The number of Topliss-reactive ketones (excluding diaryl/α,β-unsaturated/α-hetero) is 1. The van der Waals surface area contributed by atoms with Gasteiger partial charge in [0.05, 0.1) is 0 Å². The van der Waals surface area contributed by atoms with Crippen LogP contribution in [0.25, 0.3) is 0 Å². The molecule has 2 rings (SSSR count). The van der Waals surface area contributed by atoms with E-state index in [0.717, 1.165) is 25.3 Å². The van der Waals surface area contributed by atoms with E-state index in [1.54, 1.807) is 0 Å². The molecule has 1 heterocycles. The second-order valence-electron chi connectivity index (χ2n) is 8.09. The maximum Gasteiger partial charge on any atom is 0.142 e. The lowest BCUT2D eigenvalue weighted by Gasteiger charge is -2.27. The number of hydrogen-bond acceptors (Lipinski definition) is 2. The minimum atomic E-state index is -0.0617. The average Bonchev–Trinajstić information content (AvgIpc) is 2.79. The number of likely N-dealkylation sites (tertiary alicyclic amines) is 1. The van der Waals surface area contributed by atoms with E-state index >= 15 is 0 Å². The zero-order valence-electron chi connectivity index (χ0n) is 12.8. The second kappa shape index (κ2) is 4.63. The van der Waals surface area contributed by atoms with Crippen molar-refractivity contribution in [1.29, 1.82) is 0 Å². The molecule has 1 aliphatic heterocycles. The van der Waals surface area contributed by atoms with Crippen molar-refractivity contribution < 1.29 is 4.79 Å². The van der Waals surface area contributed by atoms with Crippen LogP contribution in [0.5, 0.6) is 0 Å². The van der Waals surface area contributed by atoms with Crippen molar-refractivity contribution in [2.75, 3.05) is 19.6 Å². The van der Waals surface area contributed by atoms with Gasteiger partial charge in [0, 0.05) is 24.4 Å². The molecule has 0 radical (unpaired) electrons. The molecule has 104 valence electrons. The quantitative estimate of drug-likeness (QED) is 0.750. The van der Waals surface area contributed by atoms with Crippen molar-refractivity contribution in [3.8, 4) is 0 Å². The number of carbonyl (C=O) groups excluding carboxylic acids is 1. The Morgan fingerprint density at radius 1 is 1.28 bits per heavy atom. The fourth-order valence-corrected chi connectivity index (χ4v) is 3.53. The summed E-state index contributed by atoms with van der Waals surface area (Å²) < 4.78 is 0. The molecule has 0 aromatic carbocycles.